The first-order valence-corrected chi connectivity index (χ1v) is 8.16. The molecule has 0 saturated carbocycles. The van der Waals surface area contributed by atoms with E-state index in [4.69, 9.17) is 9.84 Å². The van der Waals surface area contributed by atoms with Crippen LogP contribution in [0.5, 0.6) is 0 Å². The molecule has 1 N–H and O–H groups in total. The van der Waals surface area contributed by atoms with Crippen LogP contribution in [0.4, 0.5) is 0 Å². The molecule has 6 nitrogen and oxygen atoms in total. The molecule has 3 unspecified atom stereocenters. The van der Waals surface area contributed by atoms with E-state index >= 15 is 0 Å². The van der Waals surface area contributed by atoms with E-state index in [1.807, 2.05) is 4.52 Å². The van der Waals surface area contributed by atoms with Crippen LogP contribution in [-0.2, 0) is 4.74 Å². The molecule has 0 spiro atoms. The molecule has 108 valence electrons. The fourth-order valence-corrected chi connectivity index (χ4v) is 4.01. The molecule has 2 fully saturated rings. The molecular formula is C13H19N5OS. The molecule has 2 aromatic rings. The van der Waals surface area contributed by atoms with Gasteiger partial charge in [-0.05, 0) is 31.7 Å². The van der Waals surface area contributed by atoms with Gasteiger partial charge in [0.15, 0.2) is 5.82 Å². The Labute approximate surface area is 121 Å². The van der Waals surface area contributed by atoms with Crippen molar-refractivity contribution in [3.8, 4) is 0 Å². The van der Waals surface area contributed by atoms with Gasteiger partial charge in [0.1, 0.15) is 5.01 Å². The molecule has 0 amide bonds. The molecule has 0 aliphatic carbocycles. The monoisotopic (exact) mass is 293 g/mol. The molecule has 0 aromatic carbocycles. The number of ether oxygens (including phenoxy) is 1. The summed E-state index contributed by atoms with van der Waals surface area (Å²) in [5.74, 6) is 2.07. The second-order valence-corrected chi connectivity index (χ2v) is 6.88. The van der Waals surface area contributed by atoms with Crippen LogP contribution in [0.3, 0.4) is 0 Å². The van der Waals surface area contributed by atoms with Gasteiger partial charge in [-0.25, -0.2) is 0 Å². The predicted molar refractivity (Wildman–Crippen MR) is 76.0 cm³/mol. The van der Waals surface area contributed by atoms with Gasteiger partial charge in [0.25, 0.3) is 0 Å². The fraction of sp³-hybridized carbons (Fsp3) is 0.769. The molecule has 0 bridgehead atoms. The predicted octanol–water partition coefficient (Wildman–Crippen LogP) is 1.75. The third kappa shape index (κ3) is 2.13. The number of nitrogens with one attached hydrogen (secondary N) is 1. The lowest BCUT2D eigenvalue weighted by Crippen LogP contribution is -2.30. The smallest absolute Gasteiger partial charge is 0.234 e. The Bertz CT molecular complexity index is 603. The van der Waals surface area contributed by atoms with Crippen molar-refractivity contribution in [2.24, 2.45) is 5.92 Å². The van der Waals surface area contributed by atoms with E-state index in [1.165, 1.54) is 6.42 Å². The van der Waals surface area contributed by atoms with Crippen molar-refractivity contribution >= 4 is 16.3 Å². The Morgan fingerprint density at radius 2 is 2.30 bits per heavy atom. The Morgan fingerprint density at radius 3 is 3.10 bits per heavy atom. The summed E-state index contributed by atoms with van der Waals surface area (Å²) in [4.78, 5) is 0.905. The molecule has 4 rings (SSSR count). The molecule has 20 heavy (non-hydrogen) atoms. The van der Waals surface area contributed by atoms with Crippen LogP contribution in [0.1, 0.15) is 49.0 Å². The van der Waals surface area contributed by atoms with Crippen LogP contribution < -0.4 is 5.32 Å². The van der Waals surface area contributed by atoms with Crippen molar-refractivity contribution in [1.29, 1.82) is 0 Å². The number of nitrogens with zero attached hydrogens (tertiary/aromatic N) is 4. The largest absolute Gasteiger partial charge is 0.381 e. The SMILES string of the molecule is CC1CCNC(c2nn3c(C4CCOC4)nnc3s2)C1. The van der Waals surface area contributed by atoms with Crippen molar-refractivity contribution in [2.45, 2.75) is 38.1 Å². The maximum absolute atomic E-state index is 5.45. The van der Waals surface area contributed by atoms with E-state index in [9.17, 15) is 0 Å². The average molecular weight is 293 g/mol. The molecular weight excluding hydrogens is 274 g/mol. The van der Waals surface area contributed by atoms with Crippen LogP contribution >= 0.6 is 11.3 Å². The van der Waals surface area contributed by atoms with Gasteiger partial charge in [0.2, 0.25) is 4.96 Å². The van der Waals surface area contributed by atoms with E-state index in [2.05, 4.69) is 22.4 Å². The minimum Gasteiger partial charge on any atom is -0.381 e. The van der Waals surface area contributed by atoms with Crippen LogP contribution in [-0.4, -0.2) is 39.6 Å². The topological polar surface area (TPSA) is 64.3 Å². The number of hydrogen-bond donors (Lipinski definition) is 1. The highest BCUT2D eigenvalue weighted by molar-refractivity contribution is 7.16. The molecule has 4 heterocycles. The first-order chi connectivity index (χ1) is 9.81. The zero-order valence-electron chi connectivity index (χ0n) is 11.6. The lowest BCUT2D eigenvalue weighted by molar-refractivity contribution is 0.193. The second-order valence-electron chi connectivity index (χ2n) is 5.89. The molecule has 2 aliphatic heterocycles. The third-order valence-corrected chi connectivity index (χ3v) is 5.30. The van der Waals surface area contributed by atoms with Gasteiger partial charge in [0, 0.05) is 12.5 Å². The zero-order valence-corrected chi connectivity index (χ0v) is 12.4. The van der Waals surface area contributed by atoms with E-state index in [0.717, 1.165) is 54.3 Å². The summed E-state index contributed by atoms with van der Waals surface area (Å²) < 4.78 is 7.38. The lowest BCUT2D eigenvalue weighted by Gasteiger charge is -2.26. The number of aromatic nitrogens is 4. The van der Waals surface area contributed by atoms with Gasteiger partial charge in [-0.3, -0.25) is 0 Å². The maximum Gasteiger partial charge on any atom is 0.234 e. The summed E-state index contributed by atoms with van der Waals surface area (Å²) in [6.07, 6.45) is 3.43. The van der Waals surface area contributed by atoms with Crippen molar-refractivity contribution in [3.05, 3.63) is 10.8 Å². The Balaban J connectivity index is 1.65. The van der Waals surface area contributed by atoms with Crippen LogP contribution in [0.25, 0.3) is 4.96 Å². The number of rotatable bonds is 2. The van der Waals surface area contributed by atoms with Crippen LogP contribution in [0, 0.1) is 5.92 Å². The minimum atomic E-state index is 0.346. The number of fused-ring (bicyclic) bond motifs is 1. The highest BCUT2D eigenvalue weighted by atomic mass is 32.1. The standard InChI is InChI=1S/C13H19N5OS/c1-8-2-4-14-10(6-8)12-17-18-11(9-3-5-19-7-9)15-16-13(18)20-12/h8-10,14H,2-7H2,1H3. The van der Waals surface area contributed by atoms with Gasteiger partial charge in [0.05, 0.1) is 12.6 Å². The summed E-state index contributed by atoms with van der Waals surface area (Å²) in [6.45, 7) is 4.95. The molecule has 2 aromatic heterocycles. The number of hydrogen-bond acceptors (Lipinski definition) is 6. The molecule has 2 aliphatic rings. The first-order valence-electron chi connectivity index (χ1n) is 7.34. The van der Waals surface area contributed by atoms with E-state index < -0.39 is 0 Å². The normalized spacial score (nSPS) is 31.1. The van der Waals surface area contributed by atoms with Gasteiger partial charge in [-0.15, -0.1) is 10.2 Å². The Hall–Kier alpha value is -1.05. The van der Waals surface area contributed by atoms with Gasteiger partial charge in [-0.2, -0.15) is 9.61 Å². The van der Waals surface area contributed by atoms with Crippen molar-refractivity contribution in [2.75, 3.05) is 19.8 Å². The maximum atomic E-state index is 5.45. The summed E-state index contributed by atoms with van der Waals surface area (Å²) in [6, 6.07) is 0.373. The Morgan fingerprint density at radius 1 is 1.35 bits per heavy atom. The highest BCUT2D eigenvalue weighted by Gasteiger charge is 2.27. The van der Waals surface area contributed by atoms with Crippen LogP contribution in [0.2, 0.25) is 0 Å². The van der Waals surface area contributed by atoms with Crippen molar-refractivity contribution in [3.63, 3.8) is 0 Å². The molecule has 3 atom stereocenters. The minimum absolute atomic E-state index is 0.346. The average Bonchev–Trinajstić information content (AvgIpc) is 3.14. The molecule has 0 radical (unpaired) electrons. The van der Waals surface area contributed by atoms with E-state index in [-0.39, 0.29) is 0 Å². The third-order valence-electron chi connectivity index (χ3n) is 4.29. The summed E-state index contributed by atoms with van der Waals surface area (Å²) in [5.41, 5.74) is 0. The van der Waals surface area contributed by atoms with E-state index in [0.29, 0.717) is 12.0 Å². The van der Waals surface area contributed by atoms with Crippen LogP contribution in [0.15, 0.2) is 0 Å². The summed E-state index contributed by atoms with van der Waals surface area (Å²) in [7, 11) is 0. The van der Waals surface area contributed by atoms with Crippen molar-refractivity contribution in [1.82, 2.24) is 25.1 Å². The Kier molecular flexibility index (Phi) is 3.20. The molecule has 7 heteroatoms. The van der Waals surface area contributed by atoms with Gasteiger partial charge >= 0.3 is 0 Å². The van der Waals surface area contributed by atoms with E-state index in [1.54, 1.807) is 11.3 Å². The second kappa shape index (κ2) is 5.05. The highest BCUT2D eigenvalue weighted by Crippen LogP contribution is 2.31. The first kappa shape index (κ1) is 12.7. The molecule has 2 saturated heterocycles. The van der Waals surface area contributed by atoms with Gasteiger partial charge < -0.3 is 10.1 Å². The lowest BCUT2D eigenvalue weighted by atomic mass is 9.95. The quantitative estimate of drug-likeness (QED) is 0.914. The summed E-state index contributed by atoms with van der Waals surface area (Å²) >= 11 is 1.66. The number of piperidine rings is 1. The fourth-order valence-electron chi connectivity index (χ4n) is 3.08. The van der Waals surface area contributed by atoms with Crippen molar-refractivity contribution < 1.29 is 4.74 Å². The summed E-state index contributed by atoms with van der Waals surface area (Å²) in [5, 5.41) is 18.1. The van der Waals surface area contributed by atoms with Gasteiger partial charge in [-0.1, -0.05) is 18.3 Å². The zero-order chi connectivity index (χ0) is 13.5.